The Kier molecular flexibility index (Phi) is 37.1. The van der Waals surface area contributed by atoms with E-state index in [1.54, 1.807) is 24.3 Å². The van der Waals surface area contributed by atoms with Gasteiger partial charge in [0.15, 0.2) is 6.10 Å². The molecule has 0 spiro atoms. The minimum atomic E-state index is -5.39. The van der Waals surface area contributed by atoms with Crippen LogP contribution >= 0.6 is 15.6 Å². The van der Waals surface area contributed by atoms with Gasteiger partial charge in [0.2, 0.25) is 0 Å². The monoisotopic (exact) mass is 1030 g/mol. The first kappa shape index (κ1) is 64.6. The second kappa shape index (κ2) is 40.1. The highest BCUT2D eigenvalue weighted by Crippen LogP contribution is 2.49. The van der Waals surface area contributed by atoms with Gasteiger partial charge in [-0.15, -0.1) is 0 Å². The Morgan fingerprint density at radius 3 is 1.66 bits per heavy atom. The van der Waals surface area contributed by atoms with Crippen LogP contribution in [0.3, 0.4) is 0 Å². The van der Waals surface area contributed by atoms with E-state index in [1.165, 1.54) is 19.3 Å². The Morgan fingerprint density at radius 2 is 1.07 bits per heavy atom. The van der Waals surface area contributed by atoms with Crippen LogP contribution in [0.2, 0.25) is 0 Å². The van der Waals surface area contributed by atoms with Crippen molar-refractivity contribution in [3.63, 3.8) is 0 Å². The molecule has 0 aromatic heterocycles. The Labute approximate surface area is 415 Å². The summed E-state index contributed by atoms with van der Waals surface area (Å²) in [5.74, 6) is -1.42. The third kappa shape index (κ3) is 34.1. The maximum absolute atomic E-state index is 13.0. The van der Waals surface area contributed by atoms with Gasteiger partial charge in [-0.3, -0.25) is 23.2 Å². The predicted octanol–water partition coefficient (Wildman–Crippen LogP) is 8.70. The number of unbranched alkanes of at least 4 members (excludes halogenated alkanes) is 7. The maximum atomic E-state index is 13.0. The van der Waals surface area contributed by atoms with Crippen molar-refractivity contribution >= 4 is 27.6 Å². The third-order valence-electron chi connectivity index (χ3n) is 10.4. The van der Waals surface area contributed by atoms with Gasteiger partial charge in [0.05, 0.1) is 12.7 Å². The van der Waals surface area contributed by atoms with Gasteiger partial charge in [0, 0.05) is 12.8 Å². The Balaban J connectivity index is 2.69. The van der Waals surface area contributed by atoms with E-state index in [0.29, 0.717) is 19.3 Å². The predicted molar refractivity (Wildman–Crippen MR) is 270 cm³/mol. The summed E-state index contributed by atoms with van der Waals surface area (Å²) in [7, 11) is -10.8. The Bertz CT molecular complexity index is 1780. The number of carbonyl (C=O) groups excluding carboxylic acids is 2. The van der Waals surface area contributed by atoms with Crippen molar-refractivity contribution in [2.45, 2.75) is 185 Å². The van der Waals surface area contributed by atoms with Gasteiger partial charge >= 0.3 is 27.6 Å². The van der Waals surface area contributed by atoms with Crippen LogP contribution in [0.1, 0.15) is 136 Å². The number of ether oxygens (including phenoxy) is 2. The molecule has 6 unspecified atom stereocenters. The molecule has 9 atom stereocenters. The fraction of sp³-hybridized carbons (Fsp3) is 0.608. The third-order valence-corrected chi connectivity index (χ3v) is 11.9. The van der Waals surface area contributed by atoms with Crippen molar-refractivity contribution in [3.8, 4) is 0 Å². The van der Waals surface area contributed by atoms with E-state index in [0.717, 1.165) is 64.2 Å². The van der Waals surface area contributed by atoms with Crippen LogP contribution in [0.15, 0.2) is 109 Å². The van der Waals surface area contributed by atoms with E-state index in [2.05, 4.69) is 91.3 Å². The van der Waals surface area contributed by atoms with Gasteiger partial charge in [0.1, 0.15) is 43.2 Å². The Morgan fingerprint density at radius 1 is 0.543 bits per heavy atom. The zero-order valence-corrected chi connectivity index (χ0v) is 42.8. The summed E-state index contributed by atoms with van der Waals surface area (Å²) in [4.78, 5) is 54.3. The molecule has 17 nitrogen and oxygen atoms in total. The van der Waals surface area contributed by atoms with E-state index >= 15 is 0 Å². The number of aliphatic hydroxyl groups excluding tert-OH is 5. The van der Waals surface area contributed by atoms with E-state index in [4.69, 9.17) is 18.5 Å². The second-order valence-corrected chi connectivity index (χ2v) is 19.2. The summed E-state index contributed by atoms with van der Waals surface area (Å²) in [5, 5.41) is 51.5. The number of hydrogen-bond acceptors (Lipinski definition) is 14. The molecule has 1 rings (SSSR count). The lowest BCUT2D eigenvalue weighted by Gasteiger charge is -2.43. The fourth-order valence-corrected chi connectivity index (χ4v) is 8.15. The van der Waals surface area contributed by atoms with Crippen LogP contribution in [0.25, 0.3) is 0 Å². The molecule has 1 saturated carbocycles. The lowest BCUT2D eigenvalue weighted by Crippen LogP contribution is -2.64. The Hall–Kier alpha value is -3.38. The first-order valence-corrected chi connectivity index (χ1v) is 27.6. The van der Waals surface area contributed by atoms with Crippen LogP contribution in [0.4, 0.5) is 0 Å². The van der Waals surface area contributed by atoms with E-state index in [1.807, 2.05) is 12.2 Å². The number of carbonyl (C=O) groups is 2. The molecule has 0 aromatic carbocycles. The average molecular weight is 1030 g/mol. The second-order valence-electron chi connectivity index (χ2n) is 16.6. The SMILES string of the molecule is CC/C=C\C/C=C\C/C=C\C/C=C\C=C/C(O)C/C=C\CCC(=O)OC[C@H](COP(=O)(O)O[C@H]1C(O)C(O)C(O)[C@@H](OP(=O)(O)O)C1O)OC(=O)CCCCCC/C=C\C/C=C\C/C=C\CCCCC. The summed E-state index contributed by atoms with van der Waals surface area (Å²) < 4.78 is 49.3. The molecule has 19 heteroatoms. The van der Waals surface area contributed by atoms with Crippen LogP contribution in [-0.4, -0.2) is 114 Å². The normalized spacial score (nSPS) is 22.4. The highest BCUT2D eigenvalue weighted by atomic mass is 31.2. The standard InChI is InChI=1S/C51H82O17P2/c1-3-5-7-9-11-13-15-17-18-19-20-22-24-26-28-30-34-39-45(54)66-43(41-65-70(62,63)68-51-48(57)46(55)47(56)50(49(51)58)67-69(59,60)61)40-64-44(53)38-35-31-33-37-42(52)36-32-29-27-25-23-21-16-14-12-10-8-6-4-2/h6,8,11-14,17-18,20-23,27,29,31-33,36,42-43,46-52,55-58H,3-5,7,9-10,15-16,19,24-26,28,30,34-35,37-41H2,1-2H3,(H,62,63)(H2,59,60,61)/b8-6-,13-11-,14-12-,18-17-,22-20-,23-21-,29-27-,33-31-,36-32-/t42?,43-,46?,47?,48?,49?,50-,51+/m1/s1. The molecule has 1 aliphatic rings. The number of phosphoric ester groups is 2. The summed E-state index contributed by atoms with van der Waals surface area (Å²) >= 11 is 0. The smallest absolute Gasteiger partial charge is 0.462 e. The lowest BCUT2D eigenvalue weighted by molar-refractivity contribution is -0.216. The van der Waals surface area contributed by atoms with Crippen LogP contribution in [0, 0.1) is 0 Å². The first-order valence-electron chi connectivity index (χ1n) is 24.5. The van der Waals surface area contributed by atoms with Gasteiger partial charge in [-0.1, -0.05) is 149 Å². The molecule has 8 N–H and O–H groups in total. The van der Waals surface area contributed by atoms with Crippen LogP contribution < -0.4 is 0 Å². The van der Waals surface area contributed by atoms with E-state index in [9.17, 15) is 58.9 Å². The minimum absolute atomic E-state index is 0.0255. The van der Waals surface area contributed by atoms with Crippen molar-refractivity contribution < 1.29 is 82.0 Å². The molecule has 0 bridgehead atoms. The molecule has 0 radical (unpaired) electrons. The number of aliphatic hydroxyl groups is 5. The minimum Gasteiger partial charge on any atom is -0.462 e. The van der Waals surface area contributed by atoms with Crippen molar-refractivity contribution in [3.05, 3.63) is 109 Å². The van der Waals surface area contributed by atoms with Crippen LogP contribution in [-0.2, 0) is 41.8 Å². The van der Waals surface area contributed by atoms with Gasteiger partial charge in [0.25, 0.3) is 0 Å². The molecule has 0 aliphatic heterocycles. The number of rotatable bonds is 39. The van der Waals surface area contributed by atoms with Crippen molar-refractivity contribution in [1.29, 1.82) is 0 Å². The molecule has 398 valence electrons. The van der Waals surface area contributed by atoms with E-state index in [-0.39, 0.29) is 19.3 Å². The lowest BCUT2D eigenvalue weighted by atomic mass is 9.85. The molecular weight excluding hydrogens is 946 g/mol. The summed E-state index contributed by atoms with van der Waals surface area (Å²) in [6.45, 7) is 2.79. The van der Waals surface area contributed by atoms with Gasteiger partial charge < -0.3 is 49.7 Å². The van der Waals surface area contributed by atoms with Gasteiger partial charge in [-0.2, -0.15) is 0 Å². The van der Waals surface area contributed by atoms with Crippen molar-refractivity contribution in [1.82, 2.24) is 0 Å². The van der Waals surface area contributed by atoms with Crippen molar-refractivity contribution in [2.24, 2.45) is 0 Å². The molecule has 0 saturated heterocycles. The average Bonchev–Trinajstić information content (AvgIpc) is 3.31. The zero-order valence-electron chi connectivity index (χ0n) is 41.0. The summed E-state index contributed by atoms with van der Waals surface area (Å²) in [6.07, 6.45) is 34.9. The summed E-state index contributed by atoms with van der Waals surface area (Å²) in [6, 6.07) is 0. The highest BCUT2D eigenvalue weighted by Gasteiger charge is 2.54. The molecule has 1 fully saturated rings. The first-order chi connectivity index (χ1) is 33.5. The fourth-order valence-electron chi connectivity index (χ4n) is 6.61. The molecule has 1 aliphatic carbocycles. The highest BCUT2D eigenvalue weighted by molar-refractivity contribution is 7.47. The zero-order chi connectivity index (χ0) is 51.9. The quantitative estimate of drug-likeness (QED) is 0.00940. The number of esters is 2. The topological polar surface area (TPSA) is 276 Å². The molecular formula is C51H82O17P2. The van der Waals surface area contributed by atoms with Crippen molar-refractivity contribution in [2.75, 3.05) is 13.2 Å². The molecule has 0 aromatic rings. The summed E-state index contributed by atoms with van der Waals surface area (Å²) in [5.41, 5.74) is 0. The molecule has 0 amide bonds. The molecule has 0 heterocycles. The van der Waals surface area contributed by atoms with E-state index < -0.39 is 89.6 Å². The largest absolute Gasteiger partial charge is 0.472 e. The number of phosphoric acid groups is 2. The maximum Gasteiger partial charge on any atom is 0.472 e. The number of hydrogen-bond donors (Lipinski definition) is 8. The van der Waals surface area contributed by atoms with Crippen LogP contribution in [0.5, 0.6) is 0 Å². The number of allylic oxidation sites excluding steroid dienone is 16. The molecule has 70 heavy (non-hydrogen) atoms. The van der Waals surface area contributed by atoms with Gasteiger partial charge in [-0.25, -0.2) is 9.13 Å². The van der Waals surface area contributed by atoms with Gasteiger partial charge in [-0.05, 0) is 83.5 Å².